The van der Waals surface area contributed by atoms with Crippen LogP contribution < -0.4 is 5.32 Å². The Morgan fingerprint density at radius 3 is 2.79 bits per heavy atom. The van der Waals surface area contributed by atoms with Crippen molar-refractivity contribution in [3.8, 4) is 10.8 Å². The first-order valence-electron chi connectivity index (χ1n) is 7.48. The van der Waals surface area contributed by atoms with Crippen LogP contribution in [0.15, 0.2) is 57.4 Å². The molecule has 3 heterocycles. The Kier molecular flexibility index (Phi) is 3.66. The third kappa shape index (κ3) is 2.83. The molecule has 0 spiro atoms. The van der Waals surface area contributed by atoms with Gasteiger partial charge in [-0.2, -0.15) is 0 Å². The highest BCUT2D eigenvalue weighted by Crippen LogP contribution is 2.31. The summed E-state index contributed by atoms with van der Waals surface area (Å²) in [6.45, 7) is 2.09. The van der Waals surface area contributed by atoms with Gasteiger partial charge in [0.1, 0.15) is 11.5 Å². The Bertz CT molecular complexity index is 979. The van der Waals surface area contributed by atoms with Crippen LogP contribution in [0.2, 0.25) is 0 Å². The second kappa shape index (κ2) is 5.98. The van der Waals surface area contributed by atoms with Crippen LogP contribution in [0.1, 0.15) is 22.1 Å². The van der Waals surface area contributed by atoms with Gasteiger partial charge in [-0.15, -0.1) is 11.3 Å². The number of nitrogens with zero attached hydrogens (tertiary/aromatic N) is 1. The molecule has 0 bridgehead atoms. The van der Waals surface area contributed by atoms with Crippen molar-refractivity contribution in [2.24, 2.45) is 0 Å². The van der Waals surface area contributed by atoms with Gasteiger partial charge in [-0.1, -0.05) is 12.1 Å². The maximum Gasteiger partial charge on any atom is 0.287 e. The lowest BCUT2D eigenvalue weighted by Gasteiger charge is -2.00. The van der Waals surface area contributed by atoms with Gasteiger partial charge in [0, 0.05) is 0 Å². The summed E-state index contributed by atoms with van der Waals surface area (Å²) in [5, 5.41) is 3.61. The second-order valence-electron chi connectivity index (χ2n) is 5.35. The van der Waals surface area contributed by atoms with Crippen molar-refractivity contribution in [1.29, 1.82) is 0 Å². The first-order chi connectivity index (χ1) is 11.7. The molecule has 0 radical (unpaired) electrons. The molecular formula is C18H14N2O3S. The van der Waals surface area contributed by atoms with Crippen molar-refractivity contribution in [3.63, 3.8) is 0 Å². The Balaban J connectivity index is 1.47. The molecule has 0 fully saturated rings. The molecule has 1 aromatic carbocycles. The van der Waals surface area contributed by atoms with Crippen LogP contribution in [-0.4, -0.2) is 10.9 Å². The van der Waals surface area contributed by atoms with E-state index < -0.39 is 0 Å². The molecule has 5 nitrogen and oxygen atoms in total. The molecule has 0 aliphatic carbocycles. The monoisotopic (exact) mass is 338 g/mol. The Morgan fingerprint density at radius 1 is 1.12 bits per heavy atom. The average molecular weight is 338 g/mol. The summed E-state index contributed by atoms with van der Waals surface area (Å²) in [4.78, 5) is 16.5. The number of para-hydroxylation sites is 1. The van der Waals surface area contributed by atoms with Gasteiger partial charge in [-0.25, -0.2) is 4.98 Å². The SMILES string of the molecule is Cc1ccc(C(=O)NCc2ccc(-c3nc4ccccc4s3)o2)o1. The molecule has 1 amide bonds. The molecule has 4 rings (SSSR count). The van der Waals surface area contributed by atoms with Crippen LogP contribution in [0.5, 0.6) is 0 Å². The largest absolute Gasteiger partial charge is 0.457 e. The van der Waals surface area contributed by atoms with Gasteiger partial charge in [-0.05, 0) is 43.3 Å². The number of benzene rings is 1. The predicted octanol–water partition coefficient (Wildman–Crippen LogP) is 4.39. The van der Waals surface area contributed by atoms with Crippen molar-refractivity contribution >= 4 is 27.5 Å². The van der Waals surface area contributed by atoms with Gasteiger partial charge in [0.05, 0.1) is 16.8 Å². The fraction of sp³-hybridized carbons (Fsp3) is 0.111. The van der Waals surface area contributed by atoms with E-state index in [2.05, 4.69) is 10.3 Å². The minimum Gasteiger partial charge on any atom is -0.457 e. The maximum absolute atomic E-state index is 12.0. The van der Waals surface area contributed by atoms with Gasteiger partial charge in [0.25, 0.3) is 5.91 Å². The molecule has 24 heavy (non-hydrogen) atoms. The van der Waals surface area contributed by atoms with E-state index in [0.29, 0.717) is 29.6 Å². The fourth-order valence-corrected chi connectivity index (χ4v) is 3.30. The number of thiazole rings is 1. The number of hydrogen-bond acceptors (Lipinski definition) is 5. The third-order valence-electron chi connectivity index (χ3n) is 3.55. The molecule has 0 unspecified atom stereocenters. The van der Waals surface area contributed by atoms with E-state index in [4.69, 9.17) is 8.83 Å². The van der Waals surface area contributed by atoms with Crippen molar-refractivity contribution in [2.75, 3.05) is 0 Å². The number of aryl methyl sites for hydroxylation is 1. The first kappa shape index (κ1) is 14.7. The van der Waals surface area contributed by atoms with E-state index >= 15 is 0 Å². The van der Waals surface area contributed by atoms with Crippen molar-refractivity contribution in [1.82, 2.24) is 10.3 Å². The van der Waals surface area contributed by atoms with E-state index in [1.54, 1.807) is 30.4 Å². The molecule has 0 aliphatic rings. The van der Waals surface area contributed by atoms with Crippen LogP contribution in [0, 0.1) is 6.92 Å². The van der Waals surface area contributed by atoms with Crippen LogP contribution in [0.25, 0.3) is 21.0 Å². The lowest BCUT2D eigenvalue weighted by atomic mass is 10.3. The highest BCUT2D eigenvalue weighted by atomic mass is 32.1. The zero-order valence-electron chi connectivity index (χ0n) is 12.9. The third-order valence-corrected chi connectivity index (χ3v) is 4.60. The second-order valence-corrected chi connectivity index (χ2v) is 6.38. The molecule has 3 aromatic heterocycles. The number of nitrogens with one attached hydrogen (secondary N) is 1. The Morgan fingerprint density at radius 2 is 2.00 bits per heavy atom. The normalized spacial score (nSPS) is 11.0. The van der Waals surface area contributed by atoms with E-state index in [1.165, 1.54) is 0 Å². The van der Waals surface area contributed by atoms with Gasteiger partial charge >= 0.3 is 0 Å². The fourth-order valence-electron chi connectivity index (χ4n) is 2.38. The molecule has 6 heteroatoms. The van der Waals surface area contributed by atoms with Gasteiger partial charge in [-0.3, -0.25) is 4.79 Å². The van der Waals surface area contributed by atoms with E-state index in [1.807, 2.05) is 36.4 Å². The number of aromatic nitrogens is 1. The zero-order valence-corrected chi connectivity index (χ0v) is 13.7. The highest BCUT2D eigenvalue weighted by Gasteiger charge is 2.13. The molecule has 1 N–H and O–H groups in total. The summed E-state index contributed by atoms with van der Waals surface area (Å²) in [5.41, 5.74) is 0.956. The smallest absolute Gasteiger partial charge is 0.287 e. The molecule has 0 saturated heterocycles. The first-order valence-corrected chi connectivity index (χ1v) is 8.30. The number of furan rings is 2. The average Bonchev–Trinajstić information content (AvgIpc) is 3.31. The topological polar surface area (TPSA) is 68.3 Å². The van der Waals surface area contributed by atoms with Gasteiger partial charge in [0.2, 0.25) is 0 Å². The van der Waals surface area contributed by atoms with Gasteiger partial charge in [0.15, 0.2) is 16.5 Å². The minimum absolute atomic E-state index is 0.263. The van der Waals surface area contributed by atoms with E-state index in [-0.39, 0.29) is 5.91 Å². The lowest BCUT2D eigenvalue weighted by molar-refractivity contribution is 0.0919. The Labute approximate surface area is 141 Å². The van der Waals surface area contributed by atoms with Crippen LogP contribution in [0.4, 0.5) is 0 Å². The number of rotatable bonds is 4. The summed E-state index contributed by atoms with van der Waals surface area (Å²) >= 11 is 1.58. The van der Waals surface area contributed by atoms with Crippen molar-refractivity contribution in [2.45, 2.75) is 13.5 Å². The van der Waals surface area contributed by atoms with Crippen LogP contribution in [0.3, 0.4) is 0 Å². The maximum atomic E-state index is 12.0. The summed E-state index contributed by atoms with van der Waals surface area (Å²) in [6.07, 6.45) is 0. The predicted molar refractivity (Wildman–Crippen MR) is 91.9 cm³/mol. The molecular weight excluding hydrogens is 324 g/mol. The quantitative estimate of drug-likeness (QED) is 0.599. The van der Waals surface area contributed by atoms with Crippen molar-refractivity contribution in [3.05, 3.63) is 65.8 Å². The number of carbonyl (C=O) groups excluding carboxylic acids is 1. The summed E-state index contributed by atoms with van der Waals surface area (Å²) < 4.78 is 12.2. The Hall–Kier alpha value is -2.86. The van der Waals surface area contributed by atoms with Crippen LogP contribution >= 0.6 is 11.3 Å². The zero-order chi connectivity index (χ0) is 16.5. The number of amides is 1. The van der Waals surface area contributed by atoms with Crippen LogP contribution in [-0.2, 0) is 6.54 Å². The standard InChI is InChI=1S/C18H14N2O3S/c1-11-6-8-14(22-11)17(21)19-10-12-7-9-15(23-12)18-20-13-4-2-3-5-16(13)24-18/h2-9H,10H2,1H3,(H,19,21). The van der Waals surface area contributed by atoms with E-state index in [0.717, 1.165) is 15.2 Å². The molecule has 0 aliphatic heterocycles. The van der Waals surface area contributed by atoms with E-state index in [9.17, 15) is 4.79 Å². The summed E-state index contributed by atoms with van der Waals surface area (Å²) in [6, 6.07) is 15.1. The number of hydrogen-bond donors (Lipinski definition) is 1. The molecule has 0 atom stereocenters. The highest BCUT2D eigenvalue weighted by molar-refractivity contribution is 7.21. The number of fused-ring (bicyclic) bond motifs is 1. The molecule has 0 saturated carbocycles. The minimum atomic E-state index is -0.263. The lowest BCUT2D eigenvalue weighted by Crippen LogP contribution is -2.21. The van der Waals surface area contributed by atoms with Crippen molar-refractivity contribution < 1.29 is 13.6 Å². The summed E-state index contributed by atoms with van der Waals surface area (Å²) in [5.74, 6) is 2.11. The number of carbonyl (C=O) groups is 1. The molecule has 120 valence electrons. The summed E-state index contributed by atoms with van der Waals surface area (Å²) in [7, 11) is 0. The van der Waals surface area contributed by atoms with Gasteiger partial charge < -0.3 is 14.2 Å². The molecule has 4 aromatic rings.